The second-order valence-corrected chi connectivity index (χ2v) is 10.5. The van der Waals surface area contributed by atoms with Gasteiger partial charge in [0.25, 0.3) is 0 Å². The molecule has 23 heavy (non-hydrogen) atoms. The quantitative estimate of drug-likeness (QED) is 0.829. The predicted molar refractivity (Wildman–Crippen MR) is 93.1 cm³/mol. The zero-order chi connectivity index (χ0) is 16.0. The fourth-order valence-corrected chi connectivity index (χ4v) is 7.07. The van der Waals surface area contributed by atoms with Crippen LogP contribution in [0.5, 0.6) is 0 Å². The number of aromatic nitrogens is 1. The van der Waals surface area contributed by atoms with E-state index in [0.717, 1.165) is 23.8 Å². The van der Waals surface area contributed by atoms with Gasteiger partial charge in [0.15, 0.2) is 0 Å². The SMILES string of the molecule is Cc1nc(CN2C[C@H]3CN(Cc4cccs4)C[C@H]3S2(=O)=O)cs1. The van der Waals surface area contributed by atoms with Crippen LogP contribution in [0.15, 0.2) is 22.9 Å². The molecule has 2 aliphatic rings. The molecule has 0 aliphatic carbocycles. The molecule has 0 N–H and O–H groups in total. The third kappa shape index (κ3) is 2.98. The maximum Gasteiger partial charge on any atom is 0.218 e. The van der Waals surface area contributed by atoms with E-state index in [4.69, 9.17) is 0 Å². The van der Waals surface area contributed by atoms with E-state index >= 15 is 0 Å². The molecule has 0 aromatic carbocycles. The number of fused-ring (bicyclic) bond motifs is 1. The van der Waals surface area contributed by atoms with E-state index < -0.39 is 10.0 Å². The molecule has 124 valence electrons. The zero-order valence-electron chi connectivity index (χ0n) is 12.9. The molecule has 0 amide bonds. The third-order valence-electron chi connectivity index (χ3n) is 4.60. The molecule has 2 atom stereocenters. The number of hydrogen-bond donors (Lipinski definition) is 0. The molecule has 2 saturated heterocycles. The highest BCUT2D eigenvalue weighted by Gasteiger charge is 2.50. The Morgan fingerprint density at radius 1 is 1.26 bits per heavy atom. The molecule has 4 rings (SSSR count). The van der Waals surface area contributed by atoms with Crippen LogP contribution in [0.2, 0.25) is 0 Å². The first kappa shape index (κ1) is 15.7. The minimum atomic E-state index is -3.21. The summed E-state index contributed by atoms with van der Waals surface area (Å²) in [5.74, 6) is 0.222. The number of thiazole rings is 1. The maximum absolute atomic E-state index is 12.8. The van der Waals surface area contributed by atoms with Gasteiger partial charge in [0.05, 0.1) is 22.5 Å². The van der Waals surface area contributed by atoms with Crippen molar-refractivity contribution in [2.45, 2.75) is 25.3 Å². The lowest BCUT2D eigenvalue weighted by Crippen LogP contribution is -2.34. The van der Waals surface area contributed by atoms with Crippen LogP contribution >= 0.6 is 22.7 Å². The topological polar surface area (TPSA) is 53.5 Å². The number of likely N-dealkylation sites (tertiary alicyclic amines) is 1. The summed E-state index contributed by atoms with van der Waals surface area (Å²) in [5.41, 5.74) is 0.867. The number of sulfonamides is 1. The second kappa shape index (κ2) is 5.93. The van der Waals surface area contributed by atoms with Gasteiger partial charge in [-0.05, 0) is 18.4 Å². The van der Waals surface area contributed by atoms with Gasteiger partial charge in [0.1, 0.15) is 0 Å². The summed E-state index contributed by atoms with van der Waals surface area (Å²) in [6, 6.07) is 4.16. The van der Waals surface area contributed by atoms with Crippen LogP contribution < -0.4 is 0 Å². The fourth-order valence-electron chi connectivity index (χ4n) is 3.57. The van der Waals surface area contributed by atoms with Gasteiger partial charge in [-0.2, -0.15) is 4.31 Å². The molecule has 2 aromatic heterocycles. The lowest BCUT2D eigenvalue weighted by Gasteiger charge is -2.20. The Labute approximate surface area is 144 Å². The van der Waals surface area contributed by atoms with Gasteiger partial charge >= 0.3 is 0 Å². The van der Waals surface area contributed by atoms with Crippen molar-refractivity contribution >= 4 is 32.7 Å². The average Bonchev–Trinajstić information content (AvgIpc) is 3.23. The maximum atomic E-state index is 12.8. The molecule has 4 heterocycles. The number of thiophene rings is 1. The molecule has 2 aliphatic heterocycles. The first-order chi connectivity index (χ1) is 11.0. The van der Waals surface area contributed by atoms with Crippen LogP contribution in [0.25, 0.3) is 0 Å². The standard InChI is InChI=1S/C15H19N3O2S3/c1-11-16-13(10-22-11)7-18-6-12-5-17(8-14-3-2-4-21-14)9-15(12)23(18,19)20/h2-4,10,12,15H,5-9H2,1H3/t12-,15-/m1/s1. The van der Waals surface area contributed by atoms with E-state index in [2.05, 4.69) is 21.3 Å². The lowest BCUT2D eigenvalue weighted by molar-refractivity contribution is 0.296. The summed E-state index contributed by atoms with van der Waals surface area (Å²) < 4.78 is 27.3. The highest BCUT2D eigenvalue weighted by molar-refractivity contribution is 7.90. The van der Waals surface area contributed by atoms with Gasteiger partial charge < -0.3 is 0 Å². The largest absolute Gasteiger partial charge is 0.297 e. The highest BCUT2D eigenvalue weighted by atomic mass is 32.2. The number of hydrogen-bond acceptors (Lipinski definition) is 6. The van der Waals surface area contributed by atoms with Crippen LogP contribution in [0.1, 0.15) is 15.6 Å². The van der Waals surface area contributed by atoms with Crippen LogP contribution in [-0.2, 0) is 23.1 Å². The molecular formula is C15H19N3O2S3. The van der Waals surface area contributed by atoms with E-state index in [1.165, 1.54) is 4.88 Å². The van der Waals surface area contributed by atoms with Crippen molar-refractivity contribution in [1.29, 1.82) is 0 Å². The Bertz CT molecular complexity index is 785. The summed E-state index contributed by atoms with van der Waals surface area (Å²) in [5, 5.41) is 4.77. The van der Waals surface area contributed by atoms with Crippen molar-refractivity contribution in [2.24, 2.45) is 5.92 Å². The number of rotatable bonds is 4. The van der Waals surface area contributed by atoms with Crippen LogP contribution in [0.3, 0.4) is 0 Å². The summed E-state index contributed by atoms with van der Waals surface area (Å²) in [6.45, 7) is 5.39. The van der Waals surface area contributed by atoms with Crippen LogP contribution in [-0.4, -0.2) is 47.5 Å². The molecule has 2 fully saturated rings. The van der Waals surface area contributed by atoms with E-state index in [0.29, 0.717) is 19.6 Å². The molecule has 0 radical (unpaired) electrons. The van der Waals surface area contributed by atoms with E-state index in [-0.39, 0.29) is 11.2 Å². The first-order valence-electron chi connectivity index (χ1n) is 7.67. The Kier molecular flexibility index (Phi) is 4.05. The molecule has 0 unspecified atom stereocenters. The van der Waals surface area contributed by atoms with Crippen LogP contribution in [0, 0.1) is 12.8 Å². The second-order valence-electron chi connectivity index (χ2n) is 6.27. The number of aryl methyl sites for hydroxylation is 1. The Hall–Kier alpha value is -0.800. The van der Waals surface area contributed by atoms with Gasteiger partial charge in [-0.25, -0.2) is 13.4 Å². The summed E-state index contributed by atoms with van der Waals surface area (Å²) >= 11 is 3.31. The summed E-state index contributed by atoms with van der Waals surface area (Å²) in [4.78, 5) is 7.99. The fraction of sp³-hybridized carbons (Fsp3) is 0.533. The predicted octanol–water partition coefficient (Wildman–Crippen LogP) is 2.16. The van der Waals surface area contributed by atoms with Crippen molar-refractivity contribution in [3.05, 3.63) is 38.5 Å². The Balaban J connectivity index is 1.45. The molecule has 0 spiro atoms. The van der Waals surface area contributed by atoms with Crippen LogP contribution in [0.4, 0.5) is 0 Å². The zero-order valence-corrected chi connectivity index (χ0v) is 15.3. The van der Waals surface area contributed by atoms with Crippen molar-refractivity contribution in [2.75, 3.05) is 19.6 Å². The van der Waals surface area contributed by atoms with Gasteiger partial charge in [-0.15, -0.1) is 22.7 Å². The van der Waals surface area contributed by atoms with Crippen molar-refractivity contribution in [3.8, 4) is 0 Å². The smallest absolute Gasteiger partial charge is 0.218 e. The van der Waals surface area contributed by atoms with Crippen molar-refractivity contribution in [1.82, 2.24) is 14.2 Å². The molecular weight excluding hydrogens is 350 g/mol. The normalized spacial score (nSPS) is 27.5. The molecule has 0 bridgehead atoms. The monoisotopic (exact) mass is 369 g/mol. The minimum absolute atomic E-state index is 0.222. The van der Waals surface area contributed by atoms with E-state index in [1.807, 2.05) is 18.4 Å². The lowest BCUT2D eigenvalue weighted by atomic mass is 10.1. The number of nitrogens with zero attached hydrogens (tertiary/aromatic N) is 3. The molecule has 0 saturated carbocycles. The van der Waals surface area contributed by atoms with Crippen molar-refractivity contribution < 1.29 is 8.42 Å². The minimum Gasteiger partial charge on any atom is -0.297 e. The molecule has 2 aromatic rings. The van der Waals surface area contributed by atoms with E-state index in [1.54, 1.807) is 27.0 Å². The Morgan fingerprint density at radius 3 is 2.78 bits per heavy atom. The van der Waals surface area contributed by atoms with E-state index in [9.17, 15) is 8.42 Å². The molecule has 5 nitrogen and oxygen atoms in total. The summed E-state index contributed by atoms with van der Waals surface area (Å²) in [7, 11) is -3.21. The first-order valence-corrected chi connectivity index (χ1v) is 10.9. The van der Waals surface area contributed by atoms with Crippen molar-refractivity contribution in [3.63, 3.8) is 0 Å². The molecule has 8 heteroatoms. The average molecular weight is 370 g/mol. The third-order valence-corrected chi connectivity index (χ3v) is 8.58. The highest BCUT2D eigenvalue weighted by Crippen LogP contribution is 2.35. The van der Waals surface area contributed by atoms with Gasteiger partial charge in [0, 0.05) is 42.4 Å². The van der Waals surface area contributed by atoms with Gasteiger partial charge in [0.2, 0.25) is 10.0 Å². The Morgan fingerprint density at radius 2 is 2.13 bits per heavy atom. The van der Waals surface area contributed by atoms with Gasteiger partial charge in [-0.3, -0.25) is 4.90 Å². The van der Waals surface area contributed by atoms with Gasteiger partial charge in [-0.1, -0.05) is 6.07 Å². The summed E-state index contributed by atoms with van der Waals surface area (Å²) in [6.07, 6.45) is 0.